The van der Waals surface area contributed by atoms with Crippen LogP contribution in [0, 0.1) is 0 Å². The van der Waals surface area contributed by atoms with Gasteiger partial charge in [0, 0.05) is 0 Å². The second kappa shape index (κ2) is 5.94. The smallest absolute Gasteiger partial charge is 0.0103 e. The summed E-state index contributed by atoms with van der Waals surface area (Å²) in [5.74, 6) is 0. The van der Waals surface area contributed by atoms with Crippen molar-refractivity contribution in [3.8, 4) is 0 Å². The molecule has 3 aromatic carbocycles. The highest BCUT2D eigenvalue weighted by Gasteiger charge is 2.10. The van der Waals surface area contributed by atoms with Gasteiger partial charge in [-0.25, -0.2) is 0 Å². The molecule has 0 aliphatic carbocycles. The molecule has 2 atom stereocenters. The maximum absolute atomic E-state index is 2.39. The molecule has 0 radical (unpaired) electrons. The minimum atomic E-state index is 0.772. The lowest BCUT2D eigenvalue weighted by Crippen LogP contribution is -2.05. The Morgan fingerprint density at radius 3 is 2.00 bits per heavy atom. The first kappa shape index (κ1) is 13.6. The fourth-order valence-electron chi connectivity index (χ4n) is 2.92. The molecule has 3 aromatic rings. The van der Waals surface area contributed by atoms with E-state index in [4.69, 9.17) is 0 Å². The SMILES string of the molecule is CCCC(C)Pc1c2ccccc2cc2ccccc12. The van der Waals surface area contributed by atoms with Crippen LogP contribution < -0.4 is 5.30 Å². The van der Waals surface area contributed by atoms with Gasteiger partial charge in [-0.1, -0.05) is 77.4 Å². The minimum absolute atomic E-state index is 0.772. The molecule has 102 valence electrons. The van der Waals surface area contributed by atoms with E-state index in [-0.39, 0.29) is 0 Å². The summed E-state index contributed by atoms with van der Waals surface area (Å²) in [5.41, 5.74) is 0.772. The molecule has 3 rings (SSSR count). The monoisotopic (exact) mass is 280 g/mol. The van der Waals surface area contributed by atoms with Gasteiger partial charge in [-0.2, -0.15) is 0 Å². The summed E-state index contributed by atoms with van der Waals surface area (Å²) in [6.45, 7) is 4.67. The largest absolute Gasteiger partial charge is 0.0861 e. The van der Waals surface area contributed by atoms with Gasteiger partial charge < -0.3 is 0 Å². The second-order valence-electron chi connectivity index (χ2n) is 5.53. The zero-order valence-electron chi connectivity index (χ0n) is 12.2. The molecular formula is C19H21P. The molecule has 0 amide bonds. The van der Waals surface area contributed by atoms with Crippen molar-refractivity contribution in [1.29, 1.82) is 0 Å². The van der Waals surface area contributed by atoms with Gasteiger partial charge in [0.1, 0.15) is 0 Å². The third kappa shape index (κ3) is 2.58. The molecule has 0 saturated carbocycles. The maximum Gasteiger partial charge on any atom is -0.0103 e. The first-order valence-electron chi connectivity index (χ1n) is 7.46. The molecule has 0 nitrogen and oxygen atoms in total. The first-order chi connectivity index (χ1) is 9.79. The number of fused-ring (bicyclic) bond motifs is 2. The van der Waals surface area contributed by atoms with Gasteiger partial charge in [-0.15, -0.1) is 0 Å². The Bertz CT molecular complexity index is 676. The molecule has 0 aromatic heterocycles. The van der Waals surface area contributed by atoms with E-state index < -0.39 is 0 Å². The molecule has 0 N–H and O–H groups in total. The van der Waals surface area contributed by atoms with Crippen molar-refractivity contribution in [2.75, 3.05) is 0 Å². The van der Waals surface area contributed by atoms with E-state index in [0.717, 1.165) is 14.2 Å². The highest BCUT2D eigenvalue weighted by Crippen LogP contribution is 2.31. The van der Waals surface area contributed by atoms with Crippen molar-refractivity contribution in [3.05, 3.63) is 54.6 Å². The lowest BCUT2D eigenvalue weighted by atomic mass is 10.0. The molecular weight excluding hydrogens is 259 g/mol. The topological polar surface area (TPSA) is 0 Å². The average Bonchev–Trinajstić information content (AvgIpc) is 2.47. The highest BCUT2D eigenvalue weighted by molar-refractivity contribution is 7.49. The van der Waals surface area contributed by atoms with Crippen LogP contribution in [0.5, 0.6) is 0 Å². The summed E-state index contributed by atoms with van der Waals surface area (Å²) in [5, 5.41) is 7.18. The van der Waals surface area contributed by atoms with Gasteiger partial charge in [0.25, 0.3) is 0 Å². The van der Waals surface area contributed by atoms with Gasteiger partial charge in [0.05, 0.1) is 0 Å². The normalized spacial score (nSPS) is 13.5. The molecule has 0 fully saturated rings. The number of rotatable bonds is 4. The van der Waals surface area contributed by atoms with Crippen LogP contribution >= 0.6 is 8.58 Å². The summed E-state index contributed by atoms with van der Waals surface area (Å²) in [4.78, 5) is 0. The van der Waals surface area contributed by atoms with Crippen LogP contribution in [-0.2, 0) is 0 Å². The molecule has 0 aliphatic rings. The van der Waals surface area contributed by atoms with Crippen molar-refractivity contribution < 1.29 is 0 Å². The van der Waals surface area contributed by atoms with Gasteiger partial charge in [0.15, 0.2) is 0 Å². The van der Waals surface area contributed by atoms with E-state index in [1.165, 1.54) is 34.4 Å². The summed E-state index contributed by atoms with van der Waals surface area (Å²) in [7, 11) is 0.893. The lowest BCUT2D eigenvalue weighted by molar-refractivity contribution is 0.785. The Labute approximate surface area is 123 Å². The van der Waals surface area contributed by atoms with Crippen molar-refractivity contribution in [3.63, 3.8) is 0 Å². The summed E-state index contributed by atoms with van der Waals surface area (Å²) >= 11 is 0. The first-order valence-corrected chi connectivity index (χ1v) is 8.54. The quantitative estimate of drug-likeness (QED) is 0.438. The van der Waals surface area contributed by atoms with Gasteiger partial charge >= 0.3 is 0 Å². The zero-order chi connectivity index (χ0) is 13.9. The average molecular weight is 280 g/mol. The molecule has 0 aliphatic heterocycles. The van der Waals surface area contributed by atoms with E-state index in [2.05, 4.69) is 68.4 Å². The molecule has 1 heteroatoms. The maximum atomic E-state index is 2.39. The molecule has 0 saturated heterocycles. The number of benzene rings is 3. The summed E-state index contributed by atoms with van der Waals surface area (Å²) in [6, 6.07) is 20.0. The van der Waals surface area contributed by atoms with Crippen LogP contribution in [0.1, 0.15) is 26.7 Å². The van der Waals surface area contributed by atoms with Crippen LogP contribution in [-0.4, -0.2) is 5.66 Å². The Kier molecular flexibility index (Phi) is 4.03. The van der Waals surface area contributed by atoms with Gasteiger partial charge in [-0.3, -0.25) is 0 Å². The number of hydrogen-bond acceptors (Lipinski definition) is 0. The van der Waals surface area contributed by atoms with Gasteiger partial charge in [0.2, 0.25) is 0 Å². The van der Waals surface area contributed by atoms with E-state index in [0.29, 0.717) is 0 Å². The standard InChI is InChI=1S/C19H21P/c1-3-8-14(2)20-19-17-11-6-4-9-15(17)13-16-10-5-7-12-18(16)19/h4-7,9-14,20H,3,8H2,1-2H3. The van der Waals surface area contributed by atoms with Crippen LogP contribution in [0.2, 0.25) is 0 Å². The highest BCUT2D eigenvalue weighted by atomic mass is 31.1. The molecule has 0 spiro atoms. The van der Waals surface area contributed by atoms with E-state index in [1.807, 2.05) is 0 Å². The fourth-order valence-corrected chi connectivity index (χ4v) is 4.61. The number of hydrogen-bond donors (Lipinski definition) is 0. The van der Waals surface area contributed by atoms with Crippen LogP contribution in [0.4, 0.5) is 0 Å². The Morgan fingerprint density at radius 2 is 1.45 bits per heavy atom. The van der Waals surface area contributed by atoms with E-state index in [9.17, 15) is 0 Å². The molecule has 20 heavy (non-hydrogen) atoms. The van der Waals surface area contributed by atoms with Crippen LogP contribution in [0.25, 0.3) is 21.5 Å². The third-order valence-corrected chi connectivity index (χ3v) is 5.49. The Hall–Kier alpha value is -1.39. The Balaban J connectivity index is 2.22. The summed E-state index contributed by atoms with van der Waals surface area (Å²) in [6.07, 6.45) is 2.59. The zero-order valence-corrected chi connectivity index (χ0v) is 13.2. The predicted molar refractivity (Wildman–Crippen MR) is 93.8 cm³/mol. The molecule has 0 bridgehead atoms. The third-order valence-electron chi connectivity index (χ3n) is 3.88. The predicted octanol–water partition coefficient (Wildman–Crippen LogP) is 5.49. The lowest BCUT2D eigenvalue weighted by Gasteiger charge is -2.15. The van der Waals surface area contributed by atoms with Crippen molar-refractivity contribution in [1.82, 2.24) is 0 Å². The Morgan fingerprint density at radius 1 is 0.900 bits per heavy atom. The minimum Gasteiger partial charge on any atom is -0.0861 e. The second-order valence-corrected chi connectivity index (χ2v) is 7.30. The molecule has 2 unspecified atom stereocenters. The van der Waals surface area contributed by atoms with Crippen molar-refractivity contribution >= 4 is 35.4 Å². The van der Waals surface area contributed by atoms with Crippen molar-refractivity contribution in [2.45, 2.75) is 32.3 Å². The van der Waals surface area contributed by atoms with E-state index >= 15 is 0 Å². The van der Waals surface area contributed by atoms with Crippen LogP contribution in [0.3, 0.4) is 0 Å². The van der Waals surface area contributed by atoms with Crippen LogP contribution in [0.15, 0.2) is 54.6 Å². The molecule has 0 heterocycles. The van der Waals surface area contributed by atoms with Gasteiger partial charge in [-0.05, 0) is 45.0 Å². The van der Waals surface area contributed by atoms with E-state index in [1.54, 1.807) is 5.30 Å². The summed E-state index contributed by atoms with van der Waals surface area (Å²) < 4.78 is 0. The van der Waals surface area contributed by atoms with Crippen molar-refractivity contribution in [2.24, 2.45) is 0 Å². The fraction of sp³-hybridized carbons (Fsp3) is 0.263.